The molecular weight excluding hydrogens is 256 g/mol. The smallest absolute Gasteiger partial charge is 0.239 e. The van der Waals surface area contributed by atoms with Crippen LogP contribution in [0.5, 0.6) is 0 Å². The molecule has 0 radical (unpaired) electrons. The van der Waals surface area contributed by atoms with E-state index in [0.717, 1.165) is 12.5 Å². The Balaban J connectivity index is 2.45. The summed E-state index contributed by atoms with van der Waals surface area (Å²) in [5.74, 6) is 0.719. The summed E-state index contributed by atoms with van der Waals surface area (Å²) in [6.45, 7) is 11.1. The topological polar surface area (TPSA) is 66.0 Å². The fourth-order valence-corrected chi connectivity index (χ4v) is 2.21. The summed E-state index contributed by atoms with van der Waals surface area (Å²) < 4.78 is 4.89. The maximum absolute atomic E-state index is 11.7. The highest BCUT2D eigenvalue weighted by Crippen LogP contribution is 2.46. The predicted molar refractivity (Wildman–Crippen MR) is 80.8 cm³/mol. The minimum Gasteiger partial charge on any atom is -0.383 e. The lowest BCUT2D eigenvalue weighted by atomic mass is 9.65. The Morgan fingerprint density at radius 1 is 1.30 bits per heavy atom. The zero-order valence-corrected chi connectivity index (χ0v) is 13.5. The van der Waals surface area contributed by atoms with Crippen molar-refractivity contribution in [1.82, 2.24) is 15.5 Å². The average Bonchev–Trinajstić information content (AvgIpc) is 2.38. The van der Waals surface area contributed by atoms with Crippen LogP contribution in [0.2, 0.25) is 0 Å². The zero-order valence-electron chi connectivity index (χ0n) is 13.5. The summed E-state index contributed by atoms with van der Waals surface area (Å²) >= 11 is 0. The van der Waals surface area contributed by atoms with Crippen LogP contribution in [0.4, 0.5) is 0 Å². The van der Waals surface area contributed by atoms with Gasteiger partial charge in [-0.3, -0.25) is 9.79 Å². The van der Waals surface area contributed by atoms with Gasteiger partial charge in [0.25, 0.3) is 0 Å². The molecule has 0 unspecified atom stereocenters. The Morgan fingerprint density at radius 3 is 2.40 bits per heavy atom. The number of guanidine groups is 1. The molecule has 1 aliphatic heterocycles. The number of nitrogens with one attached hydrogen (secondary N) is 2. The van der Waals surface area contributed by atoms with Gasteiger partial charge in [0.15, 0.2) is 5.96 Å². The third-order valence-electron chi connectivity index (χ3n) is 4.39. The van der Waals surface area contributed by atoms with E-state index in [2.05, 4.69) is 48.2 Å². The van der Waals surface area contributed by atoms with E-state index < -0.39 is 0 Å². The highest BCUT2D eigenvalue weighted by atomic mass is 16.5. The monoisotopic (exact) mass is 284 g/mol. The van der Waals surface area contributed by atoms with Gasteiger partial charge in [-0.15, -0.1) is 0 Å². The van der Waals surface area contributed by atoms with Crippen LogP contribution in [0.1, 0.15) is 27.7 Å². The molecular formula is C14H28N4O2. The van der Waals surface area contributed by atoms with Crippen LogP contribution in [-0.4, -0.2) is 62.7 Å². The van der Waals surface area contributed by atoms with Crippen LogP contribution >= 0.6 is 0 Å². The van der Waals surface area contributed by atoms with Crippen molar-refractivity contribution in [2.45, 2.75) is 33.2 Å². The fourth-order valence-electron chi connectivity index (χ4n) is 2.21. The Kier molecular flexibility index (Phi) is 5.39. The van der Waals surface area contributed by atoms with Crippen LogP contribution < -0.4 is 10.6 Å². The number of likely N-dealkylation sites (tertiary alicyclic amines) is 1. The Labute approximate surface area is 122 Å². The quantitative estimate of drug-likeness (QED) is 0.437. The van der Waals surface area contributed by atoms with Gasteiger partial charge in [-0.25, -0.2) is 0 Å². The summed E-state index contributed by atoms with van der Waals surface area (Å²) in [6, 6.07) is 0. The second-order valence-corrected chi connectivity index (χ2v) is 6.27. The molecule has 1 heterocycles. The van der Waals surface area contributed by atoms with Gasteiger partial charge >= 0.3 is 0 Å². The van der Waals surface area contributed by atoms with Crippen LogP contribution in [0.3, 0.4) is 0 Å². The summed E-state index contributed by atoms with van der Waals surface area (Å²) in [5, 5.41) is 5.89. The number of hydrogen-bond acceptors (Lipinski definition) is 3. The SMILES string of the molecule is CN=C(NCC(=O)NCCOC)N1CC(C)(C)C1(C)C. The number of hydrogen-bond donors (Lipinski definition) is 2. The molecule has 0 atom stereocenters. The minimum absolute atomic E-state index is 0.0291. The van der Waals surface area contributed by atoms with Crippen LogP contribution in [-0.2, 0) is 9.53 Å². The molecule has 0 aliphatic carbocycles. The summed E-state index contributed by atoms with van der Waals surface area (Å²) in [7, 11) is 3.35. The average molecular weight is 284 g/mol. The van der Waals surface area contributed by atoms with Crippen molar-refractivity contribution in [2.24, 2.45) is 10.4 Å². The molecule has 1 fully saturated rings. The molecule has 0 saturated carbocycles. The van der Waals surface area contributed by atoms with E-state index in [0.29, 0.717) is 13.2 Å². The molecule has 6 nitrogen and oxygen atoms in total. The maximum Gasteiger partial charge on any atom is 0.239 e. The van der Waals surface area contributed by atoms with Gasteiger partial charge in [0, 0.05) is 38.2 Å². The third kappa shape index (κ3) is 3.42. The fraction of sp³-hybridized carbons (Fsp3) is 0.857. The second kappa shape index (κ2) is 6.43. The Morgan fingerprint density at radius 2 is 1.95 bits per heavy atom. The van der Waals surface area contributed by atoms with Crippen molar-refractivity contribution < 1.29 is 9.53 Å². The number of methoxy groups -OCH3 is 1. The second-order valence-electron chi connectivity index (χ2n) is 6.27. The van der Waals surface area contributed by atoms with Crippen molar-refractivity contribution in [1.29, 1.82) is 0 Å². The van der Waals surface area contributed by atoms with Crippen LogP contribution in [0.25, 0.3) is 0 Å². The number of ether oxygens (including phenoxy) is 1. The Bertz CT molecular complexity index is 377. The number of carbonyl (C=O) groups is 1. The van der Waals surface area contributed by atoms with E-state index in [9.17, 15) is 4.79 Å². The first-order valence-electron chi connectivity index (χ1n) is 7.00. The van der Waals surface area contributed by atoms with Crippen molar-refractivity contribution in [3.63, 3.8) is 0 Å². The molecule has 1 rings (SSSR count). The van der Waals surface area contributed by atoms with Crippen molar-refractivity contribution in [2.75, 3.05) is 40.4 Å². The first-order valence-corrected chi connectivity index (χ1v) is 7.00. The van der Waals surface area contributed by atoms with E-state index in [1.54, 1.807) is 14.2 Å². The van der Waals surface area contributed by atoms with E-state index >= 15 is 0 Å². The zero-order chi connectivity index (χ0) is 15.4. The van der Waals surface area contributed by atoms with Gasteiger partial charge in [-0.1, -0.05) is 13.8 Å². The largest absolute Gasteiger partial charge is 0.383 e. The summed E-state index contributed by atoms with van der Waals surface area (Å²) in [6.07, 6.45) is 0. The van der Waals surface area contributed by atoms with Crippen LogP contribution in [0.15, 0.2) is 4.99 Å². The molecule has 0 aromatic rings. The number of rotatable bonds is 5. The van der Waals surface area contributed by atoms with Crippen molar-refractivity contribution in [3.05, 3.63) is 0 Å². The van der Waals surface area contributed by atoms with E-state index in [-0.39, 0.29) is 23.4 Å². The molecule has 20 heavy (non-hydrogen) atoms. The van der Waals surface area contributed by atoms with Gasteiger partial charge in [-0.2, -0.15) is 0 Å². The molecule has 116 valence electrons. The molecule has 1 saturated heterocycles. The molecule has 0 spiro atoms. The lowest BCUT2D eigenvalue weighted by molar-refractivity contribution is -0.120. The number of nitrogens with zero attached hydrogens (tertiary/aromatic N) is 2. The molecule has 2 N–H and O–H groups in total. The van der Waals surface area contributed by atoms with Gasteiger partial charge in [0.05, 0.1) is 13.2 Å². The molecule has 0 aromatic heterocycles. The summed E-state index contributed by atoms with van der Waals surface area (Å²) in [5.41, 5.74) is 0.271. The third-order valence-corrected chi connectivity index (χ3v) is 4.39. The number of aliphatic imine (C=N–C) groups is 1. The van der Waals surface area contributed by atoms with E-state index in [1.165, 1.54) is 0 Å². The predicted octanol–water partition coefficient (Wildman–Crippen LogP) is 0.445. The Hall–Kier alpha value is -1.30. The molecule has 1 aliphatic rings. The van der Waals surface area contributed by atoms with Crippen LogP contribution in [0, 0.1) is 5.41 Å². The van der Waals surface area contributed by atoms with Gasteiger partial charge in [0.1, 0.15) is 0 Å². The summed E-state index contributed by atoms with van der Waals surface area (Å²) in [4.78, 5) is 18.1. The minimum atomic E-state index is -0.0548. The number of carbonyl (C=O) groups excluding carboxylic acids is 1. The highest BCUT2D eigenvalue weighted by molar-refractivity contribution is 5.87. The molecule has 1 amide bonds. The van der Waals surface area contributed by atoms with E-state index in [1.807, 2.05) is 0 Å². The molecule has 0 bridgehead atoms. The maximum atomic E-state index is 11.7. The van der Waals surface area contributed by atoms with Gasteiger partial charge in [0.2, 0.25) is 5.91 Å². The lowest BCUT2D eigenvalue weighted by Crippen LogP contribution is -2.72. The van der Waals surface area contributed by atoms with Crippen molar-refractivity contribution >= 4 is 11.9 Å². The van der Waals surface area contributed by atoms with Gasteiger partial charge < -0.3 is 20.3 Å². The van der Waals surface area contributed by atoms with E-state index in [4.69, 9.17) is 4.74 Å². The first kappa shape index (κ1) is 16.8. The first-order chi connectivity index (χ1) is 9.26. The number of amides is 1. The normalized spacial score (nSPS) is 20.3. The lowest BCUT2D eigenvalue weighted by Gasteiger charge is -2.62. The highest BCUT2D eigenvalue weighted by Gasteiger charge is 2.53. The van der Waals surface area contributed by atoms with Crippen molar-refractivity contribution in [3.8, 4) is 0 Å². The molecule has 6 heteroatoms. The van der Waals surface area contributed by atoms with Gasteiger partial charge in [-0.05, 0) is 13.8 Å². The standard InChI is InChI=1S/C14H28N4O2/c1-13(2)10-18(14(13,3)4)12(15-5)17-9-11(19)16-7-8-20-6/h7-10H2,1-6H3,(H,15,17)(H,16,19). The molecule has 0 aromatic carbocycles.